The van der Waals surface area contributed by atoms with Crippen LogP contribution in [0.2, 0.25) is 0 Å². The minimum absolute atomic E-state index is 0.139. The molecule has 0 atom stereocenters. The molecule has 18 heavy (non-hydrogen) atoms. The lowest BCUT2D eigenvalue weighted by Crippen LogP contribution is -2.25. The third-order valence-electron chi connectivity index (χ3n) is 2.63. The van der Waals surface area contributed by atoms with Gasteiger partial charge in [0.15, 0.2) is 5.69 Å². The van der Waals surface area contributed by atoms with Crippen molar-refractivity contribution < 1.29 is 4.79 Å². The van der Waals surface area contributed by atoms with E-state index in [-0.39, 0.29) is 5.91 Å². The van der Waals surface area contributed by atoms with Crippen molar-refractivity contribution in [3.63, 3.8) is 0 Å². The Balaban J connectivity index is 2.48. The zero-order chi connectivity index (χ0) is 13.5. The lowest BCUT2D eigenvalue weighted by Gasteiger charge is -2.14. The zero-order valence-corrected chi connectivity index (χ0v) is 11.5. The van der Waals surface area contributed by atoms with Crippen LogP contribution in [0.1, 0.15) is 17.4 Å². The fourth-order valence-corrected chi connectivity index (χ4v) is 1.30. The summed E-state index contributed by atoms with van der Waals surface area (Å²) in [5, 5.41) is 11.0. The Labute approximate surface area is 108 Å². The molecule has 0 unspecified atom stereocenters. The number of anilines is 1. The van der Waals surface area contributed by atoms with Crippen molar-refractivity contribution in [1.82, 2.24) is 20.0 Å². The summed E-state index contributed by atoms with van der Waals surface area (Å²) in [4.78, 5) is 15.3. The number of hydrogen-bond acceptors (Lipinski definition) is 5. The standard InChI is InChI=1S/C12H21N5O/c1-5-17(4)9-8-13-11-7-6-10(14-15-11)12(18)16(2)3/h6-7H,5,8-9H2,1-4H3,(H,13,15). The number of hydrogen-bond donors (Lipinski definition) is 1. The van der Waals surface area contributed by atoms with Gasteiger partial charge in [-0.05, 0) is 25.7 Å². The van der Waals surface area contributed by atoms with Crippen LogP contribution in [0.5, 0.6) is 0 Å². The number of carbonyl (C=O) groups is 1. The Morgan fingerprint density at radius 3 is 2.50 bits per heavy atom. The van der Waals surface area contributed by atoms with Gasteiger partial charge in [0.25, 0.3) is 5.91 Å². The molecule has 0 radical (unpaired) electrons. The molecular formula is C12H21N5O. The van der Waals surface area contributed by atoms with Crippen molar-refractivity contribution in [2.75, 3.05) is 46.1 Å². The normalized spacial score (nSPS) is 10.5. The number of nitrogens with one attached hydrogen (secondary N) is 1. The number of aromatic nitrogens is 2. The Bertz CT molecular complexity index is 377. The average Bonchev–Trinajstić information content (AvgIpc) is 2.38. The quantitative estimate of drug-likeness (QED) is 0.799. The van der Waals surface area contributed by atoms with E-state index in [9.17, 15) is 4.79 Å². The van der Waals surface area contributed by atoms with E-state index in [0.29, 0.717) is 11.5 Å². The third-order valence-corrected chi connectivity index (χ3v) is 2.63. The van der Waals surface area contributed by atoms with Gasteiger partial charge in [0, 0.05) is 27.2 Å². The van der Waals surface area contributed by atoms with E-state index in [4.69, 9.17) is 0 Å². The van der Waals surface area contributed by atoms with Crippen LogP contribution >= 0.6 is 0 Å². The van der Waals surface area contributed by atoms with Crippen LogP contribution < -0.4 is 5.32 Å². The van der Waals surface area contributed by atoms with Crippen molar-refractivity contribution in [2.45, 2.75) is 6.92 Å². The van der Waals surface area contributed by atoms with Gasteiger partial charge in [-0.25, -0.2) is 0 Å². The minimum Gasteiger partial charge on any atom is -0.367 e. The number of carbonyl (C=O) groups excluding carboxylic acids is 1. The van der Waals surface area contributed by atoms with Gasteiger partial charge in [-0.3, -0.25) is 4.79 Å². The highest BCUT2D eigenvalue weighted by Gasteiger charge is 2.09. The number of amides is 1. The summed E-state index contributed by atoms with van der Waals surface area (Å²) in [6.45, 7) is 4.88. The molecule has 100 valence electrons. The molecule has 0 bridgehead atoms. The van der Waals surface area contributed by atoms with E-state index in [0.717, 1.165) is 19.6 Å². The first kappa shape index (κ1) is 14.4. The second kappa shape index (κ2) is 6.90. The van der Waals surface area contributed by atoms with Gasteiger partial charge in [-0.15, -0.1) is 10.2 Å². The van der Waals surface area contributed by atoms with Gasteiger partial charge in [0.1, 0.15) is 5.82 Å². The lowest BCUT2D eigenvalue weighted by atomic mass is 10.3. The molecule has 6 nitrogen and oxygen atoms in total. The van der Waals surface area contributed by atoms with Crippen molar-refractivity contribution in [3.8, 4) is 0 Å². The van der Waals surface area contributed by atoms with Gasteiger partial charge in [-0.1, -0.05) is 6.92 Å². The molecule has 0 fully saturated rings. The predicted octanol–water partition coefficient (Wildman–Crippen LogP) is 0.542. The summed E-state index contributed by atoms with van der Waals surface area (Å²) in [6, 6.07) is 3.46. The fourth-order valence-electron chi connectivity index (χ4n) is 1.30. The van der Waals surface area contributed by atoms with Gasteiger partial charge in [-0.2, -0.15) is 0 Å². The van der Waals surface area contributed by atoms with E-state index in [1.54, 1.807) is 26.2 Å². The van der Waals surface area contributed by atoms with Gasteiger partial charge >= 0.3 is 0 Å². The van der Waals surface area contributed by atoms with Crippen LogP contribution in [0.4, 0.5) is 5.82 Å². The number of nitrogens with zero attached hydrogens (tertiary/aromatic N) is 4. The highest BCUT2D eigenvalue weighted by molar-refractivity contribution is 5.91. The maximum Gasteiger partial charge on any atom is 0.273 e. The maximum absolute atomic E-state index is 11.6. The molecule has 0 aliphatic heterocycles. The first-order valence-electron chi connectivity index (χ1n) is 6.02. The van der Waals surface area contributed by atoms with E-state index in [2.05, 4.69) is 34.4 Å². The van der Waals surface area contributed by atoms with Crippen molar-refractivity contribution in [2.24, 2.45) is 0 Å². The lowest BCUT2D eigenvalue weighted by molar-refractivity contribution is 0.0821. The van der Waals surface area contributed by atoms with Gasteiger partial charge in [0.05, 0.1) is 0 Å². The van der Waals surface area contributed by atoms with Gasteiger partial charge < -0.3 is 15.1 Å². The topological polar surface area (TPSA) is 61.4 Å². The molecule has 1 amide bonds. The SMILES string of the molecule is CCN(C)CCNc1ccc(C(=O)N(C)C)nn1. The minimum atomic E-state index is -0.139. The van der Waals surface area contributed by atoms with Crippen LogP contribution in [0.15, 0.2) is 12.1 Å². The van der Waals surface area contributed by atoms with E-state index in [1.807, 2.05) is 0 Å². The summed E-state index contributed by atoms with van der Waals surface area (Å²) in [6.07, 6.45) is 0. The summed E-state index contributed by atoms with van der Waals surface area (Å²) in [7, 11) is 5.44. The van der Waals surface area contributed by atoms with Crippen molar-refractivity contribution in [1.29, 1.82) is 0 Å². The van der Waals surface area contributed by atoms with E-state index >= 15 is 0 Å². The second-order valence-electron chi connectivity index (χ2n) is 4.33. The smallest absolute Gasteiger partial charge is 0.273 e. The molecule has 0 spiro atoms. The molecule has 0 saturated heterocycles. The summed E-state index contributed by atoms with van der Waals surface area (Å²) < 4.78 is 0. The van der Waals surface area contributed by atoms with Crippen LogP contribution in [0.3, 0.4) is 0 Å². The van der Waals surface area contributed by atoms with Crippen molar-refractivity contribution >= 4 is 11.7 Å². The highest BCUT2D eigenvalue weighted by Crippen LogP contribution is 2.03. The zero-order valence-electron chi connectivity index (χ0n) is 11.5. The maximum atomic E-state index is 11.6. The molecule has 1 N–H and O–H groups in total. The summed E-state index contributed by atoms with van der Waals surface area (Å²) in [5.74, 6) is 0.551. The first-order chi connectivity index (χ1) is 8.54. The second-order valence-corrected chi connectivity index (χ2v) is 4.33. The Morgan fingerprint density at radius 2 is 2.00 bits per heavy atom. The average molecular weight is 251 g/mol. The molecule has 0 saturated carbocycles. The predicted molar refractivity (Wildman–Crippen MR) is 71.7 cm³/mol. The fraction of sp³-hybridized carbons (Fsp3) is 0.583. The molecule has 1 heterocycles. The molecule has 1 aromatic rings. The Hall–Kier alpha value is -1.69. The monoisotopic (exact) mass is 251 g/mol. The Morgan fingerprint density at radius 1 is 1.28 bits per heavy atom. The molecule has 0 aliphatic carbocycles. The summed E-state index contributed by atoms with van der Waals surface area (Å²) in [5.41, 5.74) is 0.358. The van der Waals surface area contributed by atoms with Crippen LogP contribution in [0.25, 0.3) is 0 Å². The summed E-state index contributed by atoms with van der Waals surface area (Å²) >= 11 is 0. The molecule has 1 aromatic heterocycles. The van der Waals surface area contributed by atoms with Crippen LogP contribution in [0, 0.1) is 0 Å². The molecule has 0 aromatic carbocycles. The van der Waals surface area contributed by atoms with Crippen LogP contribution in [-0.2, 0) is 0 Å². The molecule has 0 aliphatic rings. The van der Waals surface area contributed by atoms with Crippen LogP contribution in [-0.4, -0.2) is 66.7 Å². The highest BCUT2D eigenvalue weighted by atomic mass is 16.2. The third kappa shape index (κ3) is 4.29. The number of rotatable bonds is 6. The molecule has 1 rings (SSSR count). The van der Waals surface area contributed by atoms with Crippen molar-refractivity contribution in [3.05, 3.63) is 17.8 Å². The Kier molecular flexibility index (Phi) is 5.51. The number of likely N-dealkylation sites (N-methyl/N-ethyl adjacent to an activating group) is 1. The van der Waals surface area contributed by atoms with E-state index < -0.39 is 0 Å². The molecular weight excluding hydrogens is 230 g/mol. The van der Waals surface area contributed by atoms with Gasteiger partial charge in [0.2, 0.25) is 0 Å². The molecule has 6 heteroatoms. The van der Waals surface area contributed by atoms with E-state index in [1.165, 1.54) is 4.90 Å². The first-order valence-corrected chi connectivity index (χ1v) is 6.02. The largest absolute Gasteiger partial charge is 0.367 e.